The third kappa shape index (κ3) is 1.73. The number of amides is 1. The summed E-state index contributed by atoms with van der Waals surface area (Å²) in [5, 5.41) is 0. The largest absolute Gasteiger partial charge is 0.470 e. The Morgan fingerprint density at radius 3 is 2.95 bits per heavy atom. The summed E-state index contributed by atoms with van der Waals surface area (Å²) in [4.78, 5) is 21.1. The second kappa shape index (κ2) is 4.45. The van der Waals surface area contributed by atoms with Crippen molar-refractivity contribution in [1.29, 1.82) is 0 Å². The van der Waals surface area contributed by atoms with E-state index in [1.807, 2.05) is 11.9 Å². The van der Waals surface area contributed by atoms with Crippen LogP contribution in [0.4, 0.5) is 0 Å². The maximum absolute atomic E-state index is 12.5. The van der Waals surface area contributed by atoms with E-state index in [2.05, 4.69) is 9.88 Å². The summed E-state index contributed by atoms with van der Waals surface area (Å²) in [5.74, 6) is 0.517. The van der Waals surface area contributed by atoms with Crippen molar-refractivity contribution >= 4 is 5.91 Å². The first kappa shape index (κ1) is 12.1. The first-order valence-electron chi connectivity index (χ1n) is 7.37. The van der Waals surface area contributed by atoms with Crippen LogP contribution < -0.4 is 4.74 Å². The summed E-state index contributed by atoms with van der Waals surface area (Å²) in [6.07, 6.45) is 5.63. The van der Waals surface area contributed by atoms with E-state index in [-0.39, 0.29) is 18.1 Å². The fourth-order valence-corrected chi connectivity index (χ4v) is 3.45. The number of aromatic nitrogens is 1. The molecule has 4 rings (SSSR count). The summed E-state index contributed by atoms with van der Waals surface area (Å²) in [7, 11) is 1.88. The van der Waals surface area contributed by atoms with Crippen molar-refractivity contribution < 1.29 is 9.53 Å². The van der Waals surface area contributed by atoms with Crippen molar-refractivity contribution in [1.82, 2.24) is 14.8 Å². The van der Waals surface area contributed by atoms with Crippen molar-refractivity contribution in [3.05, 3.63) is 23.9 Å². The van der Waals surface area contributed by atoms with Crippen LogP contribution in [-0.2, 0) is 0 Å². The van der Waals surface area contributed by atoms with E-state index in [9.17, 15) is 4.79 Å². The molecule has 2 fully saturated rings. The Kier molecular flexibility index (Phi) is 2.70. The van der Waals surface area contributed by atoms with E-state index in [1.54, 1.807) is 18.3 Å². The number of pyridine rings is 1. The highest BCUT2D eigenvalue weighted by atomic mass is 16.5. The summed E-state index contributed by atoms with van der Waals surface area (Å²) < 4.78 is 6.06. The fourth-order valence-electron chi connectivity index (χ4n) is 3.45. The number of carbonyl (C=O) groups is 1. The molecule has 106 valence electrons. The molecule has 3 heterocycles. The molecule has 1 aromatic rings. The molecule has 0 N–H and O–H groups in total. The molecule has 3 aliphatic rings. The van der Waals surface area contributed by atoms with Crippen LogP contribution in [0.5, 0.6) is 5.88 Å². The van der Waals surface area contributed by atoms with Gasteiger partial charge in [0.05, 0.1) is 6.04 Å². The predicted octanol–water partition coefficient (Wildman–Crippen LogP) is 1.15. The van der Waals surface area contributed by atoms with Gasteiger partial charge in [-0.15, -0.1) is 0 Å². The van der Waals surface area contributed by atoms with Crippen LogP contribution in [0, 0.1) is 0 Å². The van der Waals surface area contributed by atoms with Gasteiger partial charge in [0.15, 0.2) is 0 Å². The minimum atomic E-state index is 0.0241. The molecule has 1 saturated carbocycles. The third-order valence-electron chi connectivity index (χ3n) is 4.94. The molecule has 0 radical (unpaired) electrons. The Bertz CT molecular complexity index is 544. The Morgan fingerprint density at radius 1 is 1.35 bits per heavy atom. The first-order chi connectivity index (χ1) is 9.74. The molecule has 5 heteroatoms. The van der Waals surface area contributed by atoms with Crippen LogP contribution in [0.3, 0.4) is 0 Å². The highest BCUT2D eigenvalue weighted by Crippen LogP contribution is 2.33. The number of ether oxygens (including phenoxy) is 1. The fraction of sp³-hybridized carbons (Fsp3) is 0.600. The third-order valence-corrected chi connectivity index (χ3v) is 4.94. The smallest absolute Gasteiger partial charge is 0.259 e. The molecule has 1 aliphatic carbocycles. The van der Waals surface area contributed by atoms with Gasteiger partial charge in [0.25, 0.3) is 5.91 Å². The van der Waals surface area contributed by atoms with Gasteiger partial charge in [0, 0.05) is 32.4 Å². The summed E-state index contributed by atoms with van der Waals surface area (Å²) in [6, 6.07) is 4.41. The summed E-state index contributed by atoms with van der Waals surface area (Å²) in [5.41, 5.74) is 0.583. The number of nitrogens with zero attached hydrogens (tertiary/aromatic N) is 3. The van der Waals surface area contributed by atoms with E-state index in [1.165, 1.54) is 19.3 Å². The average molecular weight is 273 g/mol. The number of likely N-dealkylation sites (N-methyl/N-ethyl adjacent to an activating group) is 1. The number of hydrogen-bond acceptors (Lipinski definition) is 4. The van der Waals surface area contributed by atoms with Gasteiger partial charge in [0.1, 0.15) is 11.7 Å². The van der Waals surface area contributed by atoms with E-state index >= 15 is 0 Å². The quantitative estimate of drug-likeness (QED) is 0.770. The monoisotopic (exact) mass is 273 g/mol. The summed E-state index contributed by atoms with van der Waals surface area (Å²) >= 11 is 0. The van der Waals surface area contributed by atoms with Gasteiger partial charge in [-0.05, 0) is 25.0 Å². The van der Waals surface area contributed by atoms with Crippen LogP contribution in [0.25, 0.3) is 0 Å². The lowest BCUT2D eigenvalue weighted by molar-refractivity contribution is 0.0677. The standard InChI is InChI=1S/C15H19N3O2/c1-17-12-8-18(10-4-2-5-10)9-13(12)20-14-11(15(17)19)6-3-7-16-14/h3,6-7,10,12-13H,2,4-5,8-9H2,1H3/t12-,13+/m1/s1. The number of carbonyl (C=O) groups excluding carboxylic acids is 1. The van der Waals surface area contributed by atoms with Crippen LogP contribution in [-0.4, -0.2) is 59.0 Å². The van der Waals surface area contributed by atoms with Gasteiger partial charge in [-0.25, -0.2) is 4.98 Å². The van der Waals surface area contributed by atoms with Crippen LogP contribution in [0.15, 0.2) is 18.3 Å². The lowest BCUT2D eigenvalue weighted by atomic mass is 9.92. The minimum Gasteiger partial charge on any atom is -0.470 e. The van der Waals surface area contributed by atoms with Crippen LogP contribution in [0.2, 0.25) is 0 Å². The number of rotatable bonds is 1. The SMILES string of the molecule is CN1C(=O)c2cccnc2O[C@H]2CN(C3CCC3)C[C@H]21. The van der Waals surface area contributed by atoms with Crippen LogP contribution >= 0.6 is 0 Å². The molecule has 0 spiro atoms. The number of fused-ring (bicyclic) bond motifs is 2. The molecule has 2 atom stereocenters. The number of hydrogen-bond donors (Lipinski definition) is 0. The Labute approximate surface area is 118 Å². The van der Waals surface area contributed by atoms with E-state index in [0.717, 1.165) is 13.1 Å². The van der Waals surface area contributed by atoms with Gasteiger partial charge in [-0.3, -0.25) is 9.69 Å². The maximum Gasteiger partial charge on any atom is 0.259 e. The molecule has 5 nitrogen and oxygen atoms in total. The van der Waals surface area contributed by atoms with Gasteiger partial charge in [0.2, 0.25) is 5.88 Å². The highest BCUT2D eigenvalue weighted by molar-refractivity contribution is 5.96. The van der Waals surface area contributed by atoms with Gasteiger partial charge < -0.3 is 9.64 Å². The molecule has 20 heavy (non-hydrogen) atoms. The number of likely N-dealkylation sites (tertiary alicyclic amines) is 1. The molecule has 0 unspecified atom stereocenters. The maximum atomic E-state index is 12.5. The van der Waals surface area contributed by atoms with Crippen LogP contribution in [0.1, 0.15) is 29.6 Å². The van der Waals surface area contributed by atoms with Gasteiger partial charge in [-0.1, -0.05) is 6.42 Å². The van der Waals surface area contributed by atoms with Crippen molar-refractivity contribution in [2.45, 2.75) is 37.5 Å². The second-order valence-electron chi connectivity index (χ2n) is 6.03. The van der Waals surface area contributed by atoms with Gasteiger partial charge in [-0.2, -0.15) is 0 Å². The Balaban J connectivity index is 1.64. The molecule has 1 aromatic heterocycles. The zero-order valence-electron chi connectivity index (χ0n) is 11.7. The van der Waals surface area contributed by atoms with Crippen molar-refractivity contribution in [2.75, 3.05) is 20.1 Å². The van der Waals surface area contributed by atoms with Crippen molar-refractivity contribution in [3.63, 3.8) is 0 Å². The Hall–Kier alpha value is -1.62. The molecule has 1 saturated heterocycles. The molecular formula is C15H19N3O2. The Morgan fingerprint density at radius 2 is 2.20 bits per heavy atom. The lowest BCUT2D eigenvalue weighted by Gasteiger charge is -2.35. The van der Waals surface area contributed by atoms with E-state index in [4.69, 9.17) is 4.74 Å². The predicted molar refractivity (Wildman–Crippen MR) is 73.7 cm³/mol. The zero-order valence-corrected chi connectivity index (χ0v) is 11.7. The van der Waals surface area contributed by atoms with Crippen molar-refractivity contribution in [2.24, 2.45) is 0 Å². The molecule has 1 amide bonds. The molecule has 0 aromatic carbocycles. The normalized spacial score (nSPS) is 30.2. The first-order valence-corrected chi connectivity index (χ1v) is 7.37. The second-order valence-corrected chi connectivity index (χ2v) is 6.03. The molecule has 0 bridgehead atoms. The van der Waals surface area contributed by atoms with Crippen molar-refractivity contribution in [3.8, 4) is 5.88 Å². The summed E-state index contributed by atoms with van der Waals surface area (Å²) in [6.45, 7) is 1.83. The van der Waals surface area contributed by atoms with E-state index < -0.39 is 0 Å². The molecule has 2 aliphatic heterocycles. The highest BCUT2D eigenvalue weighted by Gasteiger charge is 2.45. The lowest BCUT2D eigenvalue weighted by Crippen LogP contribution is -2.44. The van der Waals surface area contributed by atoms with Gasteiger partial charge >= 0.3 is 0 Å². The topological polar surface area (TPSA) is 45.7 Å². The van der Waals surface area contributed by atoms with E-state index in [0.29, 0.717) is 17.5 Å². The molecular weight excluding hydrogens is 254 g/mol. The zero-order chi connectivity index (χ0) is 13.7. The minimum absolute atomic E-state index is 0.0241. The average Bonchev–Trinajstić information content (AvgIpc) is 2.75.